The third-order valence-electron chi connectivity index (χ3n) is 6.41. The van der Waals surface area contributed by atoms with E-state index in [-0.39, 0.29) is 0 Å². The fourth-order valence-electron chi connectivity index (χ4n) is 4.24. The predicted molar refractivity (Wildman–Crippen MR) is 124 cm³/mol. The second-order valence-electron chi connectivity index (χ2n) is 8.81. The summed E-state index contributed by atoms with van der Waals surface area (Å²) in [6.07, 6.45) is 0. The highest BCUT2D eigenvalue weighted by Gasteiger charge is 2.47. The van der Waals surface area contributed by atoms with Gasteiger partial charge in [-0.15, -0.1) is 0 Å². The number of piperazine rings is 2. The molecule has 2 aliphatic rings. The first kappa shape index (κ1) is 21.9. The maximum atomic E-state index is 5.90. The van der Waals surface area contributed by atoms with Crippen molar-refractivity contribution in [2.75, 3.05) is 73.6 Å². The molecule has 2 saturated heterocycles. The zero-order valence-electron chi connectivity index (χ0n) is 18.4. The monoisotopic (exact) mass is 418 g/mol. The molecule has 2 aliphatic heterocycles. The van der Waals surface area contributed by atoms with Crippen molar-refractivity contribution in [3.8, 4) is 0 Å². The molecule has 0 radical (unpaired) electrons. The molecule has 0 unspecified atom stereocenters. The highest BCUT2D eigenvalue weighted by molar-refractivity contribution is 6.93. The van der Waals surface area contributed by atoms with Gasteiger partial charge in [-0.2, -0.15) is 0 Å². The number of hydrogen-bond donors (Lipinski definition) is 0. The molecule has 0 aliphatic carbocycles. The third kappa shape index (κ3) is 4.84. The Morgan fingerprint density at radius 2 is 1.21 bits per heavy atom. The van der Waals surface area contributed by atoms with E-state index in [1.807, 2.05) is 7.11 Å². The highest BCUT2D eigenvalue weighted by Crippen LogP contribution is 2.23. The molecule has 0 atom stereocenters. The van der Waals surface area contributed by atoms with Gasteiger partial charge in [0.15, 0.2) is 0 Å². The molecule has 156 valence electrons. The number of nitrogens with zero attached hydrogens (tertiary/aromatic N) is 4. The van der Waals surface area contributed by atoms with Gasteiger partial charge in [0.2, 0.25) is 8.32 Å². The van der Waals surface area contributed by atoms with Crippen molar-refractivity contribution in [3.05, 3.63) is 41.7 Å². The van der Waals surface area contributed by atoms with Crippen LogP contribution in [0.5, 0.6) is 0 Å². The molecular weight excluding hydrogens is 380 g/mol. The Hall–Kier alpha value is -0.806. The quantitative estimate of drug-likeness (QED) is 0.648. The predicted octanol–water partition coefficient (Wildman–Crippen LogP) is 1.32. The SMILES string of the molecule is CO[Si](C)(C)C=C[Si](c1ccccc1)(N1CCN(C)CC1)N1CCN(C)CC1. The number of likely N-dealkylation sites (N-methyl/N-ethyl adjacent to an activating group) is 2. The molecule has 0 aromatic heterocycles. The van der Waals surface area contributed by atoms with Crippen molar-refractivity contribution in [2.24, 2.45) is 0 Å². The Balaban J connectivity index is 2.07. The van der Waals surface area contributed by atoms with Crippen LogP contribution in [0.4, 0.5) is 0 Å². The van der Waals surface area contributed by atoms with Gasteiger partial charge in [0.1, 0.15) is 0 Å². The number of hydrogen-bond acceptors (Lipinski definition) is 5. The van der Waals surface area contributed by atoms with Crippen LogP contribution >= 0.6 is 0 Å². The molecule has 0 N–H and O–H groups in total. The highest BCUT2D eigenvalue weighted by atomic mass is 28.4. The van der Waals surface area contributed by atoms with E-state index in [1.165, 1.54) is 5.19 Å². The van der Waals surface area contributed by atoms with E-state index in [2.05, 4.69) is 87.9 Å². The Kier molecular flexibility index (Phi) is 7.30. The van der Waals surface area contributed by atoms with E-state index in [4.69, 9.17) is 4.43 Å². The van der Waals surface area contributed by atoms with Crippen LogP contribution in [0.25, 0.3) is 0 Å². The summed E-state index contributed by atoms with van der Waals surface area (Å²) in [6.45, 7) is 13.7. The van der Waals surface area contributed by atoms with Gasteiger partial charge in [-0.1, -0.05) is 41.7 Å². The molecule has 2 heterocycles. The summed E-state index contributed by atoms with van der Waals surface area (Å²) in [5, 5.41) is 1.52. The normalized spacial score (nSPS) is 22.2. The molecule has 2 fully saturated rings. The van der Waals surface area contributed by atoms with Crippen LogP contribution < -0.4 is 5.19 Å². The van der Waals surface area contributed by atoms with Crippen LogP contribution in [0.1, 0.15) is 0 Å². The molecule has 7 heteroatoms. The summed E-state index contributed by atoms with van der Waals surface area (Å²) in [5.74, 6) is 0. The van der Waals surface area contributed by atoms with Crippen molar-refractivity contribution in [1.29, 1.82) is 0 Å². The maximum Gasteiger partial charge on any atom is 0.265 e. The summed E-state index contributed by atoms with van der Waals surface area (Å²) < 4.78 is 11.6. The van der Waals surface area contributed by atoms with E-state index < -0.39 is 16.7 Å². The van der Waals surface area contributed by atoms with Gasteiger partial charge in [-0.05, 0) is 32.4 Å². The smallest absolute Gasteiger partial charge is 0.265 e. The van der Waals surface area contributed by atoms with Gasteiger partial charge in [0, 0.05) is 59.5 Å². The second-order valence-corrected chi connectivity index (χ2v) is 16.4. The molecule has 3 rings (SSSR count). The molecule has 1 aromatic carbocycles. The Bertz CT molecular complexity index is 617. The average molecular weight is 419 g/mol. The topological polar surface area (TPSA) is 22.2 Å². The molecule has 28 heavy (non-hydrogen) atoms. The van der Waals surface area contributed by atoms with Gasteiger partial charge in [-0.25, -0.2) is 0 Å². The zero-order chi connectivity index (χ0) is 20.2. The minimum absolute atomic E-state index is 1.14. The largest absolute Gasteiger partial charge is 0.417 e. The van der Waals surface area contributed by atoms with E-state index in [0.717, 1.165) is 52.4 Å². The van der Waals surface area contributed by atoms with Crippen LogP contribution in [0.3, 0.4) is 0 Å². The Morgan fingerprint density at radius 3 is 1.64 bits per heavy atom. The van der Waals surface area contributed by atoms with Gasteiger partial charge in [0.05, 0.1) is 0 Å². The van der Waals surface area contributed by atoms with Crippen molar-refractivity contribution >= 4 is 21.9 Å². The van der Waals surface area contributed by atoms with Crippen molar-refractivity contribution in [3.63, 3.8) is 0 Å². The van der Waals surface area contributed by atoms with E-state index >= 15 is 0 Å². The number of benzene rings is 1. The summed E-state index contributed by atoms with van der Waals surface area (Å²) >= 11 is 0. The summed E-state index contributed by atoms with van der Waals surface area (Å²) in [6, 6.07) is 11.3. The van der Waals surface area contributed by atoms with Crippen LogP contribution in [0, 0.1) is 0 Å². The van der Waals surface area contributed by atoms with Gasteiger partial charge >= 0.3 is 0 Å². The minimum Gasteiger partial charge on any atom is -0.417 e. The summed E-state index contributed by atoms with van der Waals surface area (Å²) in [7, 11) is 2.40. The maximum absolute atomic E-state index is 5.90. The van der Waals surface area contributed by atoms with Gasteiger partial charge in [0.25, 0.3) is 8.40 Å². The fourth-order valence-corrected chi connectivity index (χ4v) is 11.1. The fraction of sp³-hybridized carbons (Fsp3) is 0.619. The molecule has 5 nitrogen and oxygen atoms in total. The Labute approximate surface area is 173 Å². The van der Waals surface area contributed by atoms with Crippen molar-refractivity contribution in [1.82, 2.24) is 18.9 Å². The molecular formula is C21H38N4OSi2. The van der Waals surface area contributed by atoms with Crippen LogP contribution in [-0.4, -0.2) is 109 Å². The van der Waals surface area contributed by atoms with E-state index in [9.17, 15) is 0 Å². The van der Waals surface area contributed by atoms with Crippen LogP contribution in [0.15, 0.2) is 41.7 Å². The van der Waals surface area contributed by atoms with Gasteiger partial charge < -0.3 is 23.4 Å². The van der Waals surface area contributed by atoms with Crippen LogP contribution in [0.2, 0.25) is 13.1 Å². The van der Waals surface area contributed by atoms with E-state index in [0.29, 0.717) is 0 Å². The average Bonchev–Trinajstić information content (AvgIpc) is 2.71. The molecule has 1 aromatic rings. The number of rotatable bonds is 6. The molecule has 0 amide bonds. The molecule has 0 spiro atoms. The lowest BCUT2D eigenvalue weighted by Crippen LogP contribution is -2.76. The molecule has 0 bridgehead atoms. The first-order chi connectivity index (χ1) is 13.4. The van der Waals surface area contributed by atoms with Crippen molar-refractivity contribution < 1.29 is 4.43 Å². The van der Waals surface area contributed by atoms with Crippen LogP contribution in [-0.2, 0) is 4.43 Å². The zero-order valence-corrected chi connectivity index (χ0v) is 20.4. The van der Waals surface area contributed by atoms with E-state index in [1.54, 1.807) is 0 Å². The summed E-state index contributed by atoms with van der Waals surface area (Å²) in [5.41, 5.74) is 5.08. The Morgan fingerprint density at radius 1 is 0.750 bits per heavy atom. The standard InChI is InChI=1S/C21H38N4OSi2/c1-22-11-15-24(16-12-22)28(20-19-27(4,5)26-3,21-9-7-6-8-10-21)25-17-13-23(2)14-18-25/h6-10,19-20H,11-18H2,1-5H3. The lowest BCUT2D eigenvalue weighted by atomic mass is 10.4. The minimum atomic E-state index is -2.17. The van der Waals surface area contributed by atoms with Crippen molar-refractivity contribution in [2.45, 2.75) is 13.1 Å². The first-order valence-corrected chi connectivity index (χ1v) is 15.5. The molecule has 0 saturated carbocycles. The first-order valence-electron chi connectivity index (χ1n) is 10.6. The summed E-state index contributed by atoms with van der Waals surface area (Å²) in [4.78, 5) is 4.92. The van der Waals surface area contributed by atoms with Gasteiger partial charge in [-0.3, -0.25) is 0 Å². The third-order valence-corrected chi connectivity index (χ3v) is 13.4. The lowest BCUT2D eigenvalue weighted by Gasteiger charge is -2.52. The second kappa shape index (κ2) is 9.34. The lowest BCUT2D eigenvalue weighted by molar-refractivity contribution is 0.177.